The zero-order valence-corrected chi connectivity index (χ0v) is 14.6. The predicted molar refractivity (Wildman–Crippen MR) is 91.1 cm³/mol. The Morgan fingerprint density at radius 2 is 1.54 bits per heavy atom. The number of hydrogen-bond acceptors (Lipinski definition) is 4. The largest absolute Gasteiger partial charge is 0.426 e. The number of esters is 1. The van der Waals surface area contributed by atoms with Crippen molar-refractivity contribution in [2.75, 3.05) is 11.0 Å². The van der Waals surface area contributed by atoms with Crippen molar-refractivity contribution in [3.05, 3.63) is 24.3 Å². The fraction of sp³-hybridized carbons (Fsp3) is 0.611. The quantitative estimate of drug-likeness (QED) is 0.669. The van der Waals surface area contributed by atoms with Crippen LogP contribution in [0.5, 0.6) is 5.75 Å². The summed E-state index contributed by atoms with van der Waals surface area (Å²) in [6.07, 6.45) is 7.91. The van der Waals surface area contributed by atoms with E-state index in [0.717, 1.165) is 25.5 Å². The van der Waals surface area contributed by atoms with Gasteiger partial charge in [0.25, 0.3) is 0 Å². The maximum Gasteiger partial charge on any atom is 0.317 e. The Balaban J connectivity index is 1.46. The summed E-state index contributed by atoms with van der Waals surface area (Å²) in [5, 5.41) is 0. The van der Waals surface area contributed by atoms with Gasteiger partial charge in [0.1, 0.15) is 5.75 Å². The molecule has 4 fully saturated rings. The lowest BCUT2D eigenvalue weighted by molar-refractivity contribution is -0.161. The summed E-state index contributed by atoms with van der Waals surface area (Å²) >= 11 is 0. The molecule has 5 nitrogen and oxygen atoms in total. The molecule has 130 valence electrons. The van der Waals surface area contributed by atoms with Gasteiger partial charge in [-0.05, 0) is 80.5 Å². The van der Waals surface area contributed by atoms with Crippen molar-refractivity contribution in [1.82, 2.24) is 0 Å². The first-order valence-electron chi connectivity index (χ1n) is 8.61. The monoisotopic (exact) mass is 349 g/mol. The van der Waals surface area contributed by atoms with Crippen LogP contribution in [0.4, 0.5) is 5.69 Å². The van der Waals surface area contributed by atoms with Gasteiger partial charge in [-0.15, -0.1) is 0 Å². The van der Waals surface area contributed by atoms with Crippen LogP contribution in [-0.4, -0.2) is 20.6 Å². The molecule has 1 aromatic rings. The summed E-state index contributed by atoms with van der Waals surface area (Å²) < 4.78 is 30.5. The molecule has 1 N–H and O–H groups in total. The topological polar surface area (TPSA) is 72.5 Å². The van der Waals surface area contributed by atoms with E-state index in [4.69, 9.17) is 4.74 Å². The fourth-order valence-electron chi connectivity index (χ4n) is 5.38. The lowest BCUT2D eigenvalue weighted by atomic mass is 9.49. The summed E-state index contributed by atoms with van der Waals surface area (Å²) in [4.78, 5) is 12.8. The minimum Gasteiger partial charge on any atom is -0.426 e. The Bertz CT molecular complexity index is 718. The molecule has 0 aromatic heterocycles. The normalized spacial score (nSPS) is 34.1. The second-order valence-electron chi connectivity index (χ2n) is 7.99. The van der Waals surface area contributed by atoms with Gasteiger partial charge in [-0.25, -0.2) is 8.42 Å². The van der Waals surface area contributed by atoms with Crippen LogP contribution in [0.15, 0.2) is 24.3 Å². The molecule has 4 aliphatic rings. The van der Waals surface area contributed by atoms with Crippen LogP contribution in [0.1, 0.15) is 38.5 Å². The third-order valence-electron chi connectivity index (χ3n) is 5.84. The minimum atomic E-state index is -3.30. The SMILES string of the molecule is CS(=O)(=O)Nc1ccc(OC(=O)C23CC4CC(CC(C4)C2)C3)cc1. The van der Waals surface area contributed by atoms with Crippen LogP contribution in [0.2, 0.25) is 0 Å². The lowest BCUT2D eigenvalue weighted by Crippen LogP contribution is -2.51. The van der Waals surface area contributed by atoms with Gasteiger partial charge in [0, 0.05) is 5.69 Å². The number of sulfonamides is 1. The first-order chi connectivity index (χ1) is 11.3. The van der Waals surface area contributed by atoms with Gasteiger partial charge in [0.2, 0.25) is 10.0 Å². The van der Waals surface area contributed by atoms with Gasteiger partial charge in [-0.1, -0.05) is 0 Å². The van der Waals surface area contributed by atoms with Crippen molar-refractivity contribution in [3.8, 4) is 5.75 Å². The van der Waals surface area contributed by atoms with Crippen LogP contribution >= 0.6 is 0 Å². The highest BCUT2D eigenvalue weighted by Crippen LogP contribution is 2.60. The highest BCUT2D eigenvalue weighted by atomic mass is 32.2. The van der Waals surface area contributed by atoms with Crippen LogP contribution in [0.3, 0.4) is 0 Å². The minimum absolute atomic E-state index is 0.0922. The van der Waals surface area contributed by atoms with E-state index in [1.807, 2.05) is 0 Å². The molecule has 4 bridgehead atoms. The van der Waals surface area contributed by atoms with Crippen molar-refractivity contribution < 1.29 is 17.9 Å². The van der Waals surface area contributed by atoms with Crippen LogP contribution in [0.25, 0.3) is 0 Å². The van der Waals surface area contributed by atoms with E-state index < -0.39 is 10.0 Å². The average molecular weight is 349 g/mol. The molecule has 0 heterocycles. The second-order valence-corrected chi connectivity index (χ2v) is 9.73. The molecule has 1 aromatic carbocycles. The summed E-state index contributed by atoms with van der Waals surface area (Å²) in [5.41, 5.74) is 0.186. The smallest absolute Gasteiger partial charge is 0.317 e. The summed E-state index contributed by atoms with van der Waals surface area (Å²) in [7, 11) is -3.30. The van der Waals surface area contributed by atoms with Crippen LogP contribution in [-0.2, 0) is 14.8 Å². The van der Waals surface area contributed by atoms with Gasteiger partial charge in [-0.3, -0.25) is 9.52 Å². The van der Waals surface area contributed by atoms with E-state index >= 15 is 0 Å². The molecule has 24 heavy (non-hydrogen) atoms. The highest BCUT2D eigenvalue weighted by Gasteiger charge is 2.55. The van der Waals surface area contributed by atoms with E-state index in [2.05, 4.69) is 4.72 Å². The van der Waals surface area contributed by atoms with E-state index in [1.165, 1.54) is 19.3 Å². The van der Waals surface area contributed by atoms with Gasteiger partial charge < -0.3 is 4.74 Å². The van der Waals surface area contributed by atoms with E-state index in [1.54, 1.807) is 24.3 Å². The number of benzene rings is 1. The number of anilines is 1. The Kier molecular flexibility index (Phi) is 3.64. The van der Waals surface area contributed by atoms with Crippen molar-refractivity contribution in [1.29, 1.82) is 0 Å². The summed E-state index contributed by atoms with van der Waals surface area (Å²) in [6, 6.07) is 6.52. The van der Waals surface area contributed by atoms with E-state index in [0.29, 0.717) is 29.2 Å². The molecule has 0 aliphatic heterocycles. The van der Waals surface area contributed by atoms with Gasteiger partial charge in [0.05, 0.1) is 11.7 Å². The average Bonchev–Trinajstić information content (AvgIpc) is 2.46. The highest BCUT2D eigenvalue weighted by molar-refractivity contribution is 7.92. The first kappa shape index (κ1) is 15.9. The van der Waals surface area contributed by atoms with Crippen LogP contribution < -0.4 is 9.46 Å². The van der Waals surface area contributed by atoms with Gasteiger partial charge in [0.15, 0.2) is 0 Å². The maximum absolute atomic E-state index is 12.8. The lowest BCUT2D eigenvalue weighted by Gasteiger charge is -2.55. The molecule has 0 saturated heterocycles. The number of nitrogens with one attached hydrogen (secondary N) is 1. The third kappa shape index (κ3) is 3.04. The van der Waals surface area contributed by atoms with E-state index in [9.17, 15) is 13.2 Å². The molecule has 5 rings (SSSR count). The molecule has 6 heteroatoms. The Morgan fingerprint density at radius 1 is 1.04 bits per heavy atom. The summed E-state index contributed by atoms with van der Waals surface area (Å²) in [5.74, 6) is 2.49. The molecule has 0 spiro atoms. The predicted octanol–water partition coefficient (Wildman–Crippen LogP) is 3.18. The Hall–Kier alpha value is -1.56. The number of carbonyl (C=O) groups excluding carboxylic acids is 1. The Labute approximate surface area is 142 Å². The zero-order chi connectivity index (χ0) is 16.9. The number of carbonyl (C=O) groups is 1. The molecular formula is C18H23NO4S. The van der Waals surface area contributed by atoms with Crippen LogP contribution in [0, 0.1) is 23.2 Å². The number of rotatable bonds is 4. The second kappa shape index (κ2) is 5.48. The molecule has 0 radical (unpaired) electrons. The summed E-state index contributed by atoms with van der Waals surface area (Å²) in [6.45, 7) is 0. The first-order valence-corrected chi connectivity index (χ1v) is 10.5. The van der Waals surface area contributed by atoms with Gasteiger partial charge in [-0.2, -0.15) is 0 Å². The van der Waals surface area contributed by atoms with Crippen molar-refractivity contribution >= 4 is 21.7 Å². The fourth-order valence-corrected chi connectivity index (χ4v) is 5.95. The van der Waals surface area contributed by atoms with Crippen molar-refractivity contribution in [3.63, 3.8) is 0 Å². The zero-order valence-electron chi connectivity index (χ0n) is 13.8. The van der Waals surface area contributed by atoms with E-state index in [-0.39, 0.29) is 11.4 Å². The number of ether oxygens (including phenoxy) is 1. The van der Waals surface area contributed by atoms with Gasteiger partial charge >= 0.3 is 5.97 Å². The third-order valence-corrected chi connectivity index (χ3v) is 6.45. The molecule has 0 atom stereocenters. The maximum atomic E-state index is 12.8. The standard InChI is InChI=1S/C18H23NO4S/c1-24(21,22)19-15-2-4-16(5-3-15)23-17(20)18-9-12-6-13(10-18)8-14(7-12)11-18/h2-5,12-14,19H,6-11H2,1H3. The van der Waals surface area contributed by atoms with Crippen molar-refractivity contribution in [2.24, 2.45) is 23.2 Å². The molecule has 4 saturated carbocycles. The molecule has 0 unspecified atom stereocenters. The number of hydrogen-bond donors (Lipinski definition) is 1. The molecule has 0 amide bonds. The Morgan fingerprint density at radius 3 is 2.00 bits per heavy atom. The molecular weight excluding hydrogens is 326 g/mol. The van der Waals surface area contributed by atoms with Crippen molar-refractivity contribution in [2.45, 2.75) is 38.5 Å². The molecule has 4 aliphatic carbocycles.